The molecule has 3 heteroatoms. The van der Waals surface area contributed by atoms with Gasteiger partial charge < -0.3 is 10.1 Å². The van der Waals surface area contributed by atoms with E-state index in [-0.39, 0.29) is 6.04 Å². The molecule has 1 aliphatic rings. The van der Waals surface area contributed by atoms with Crippen LogP contribution in [0, 0.1) is 0 Å². The van der Waals surface area contributed by atoms with Crippen molar-refractivity contribution in [1.29, 1.82) is 0 Å². The summed E-state index contributed by atoms with van der Waals surface area (Å²) in [5.41, 5.74) is 1.21. The molecule has 2 nitrogen and oxygen atoms in total. The van der Waals surface area contributed by atoms with E-state index in [1.54, 1.807) is 0 Å². The van der Waals surface area contributed by atoms with Crippen LogP contribution < -0.4 is 5.32 Å². The fourth-order valence-corrected chi connectivity index (χ4v) is 2.23. The molecule has 0 fully saturated rings. The zero-order valence-electron chi connectivity index (χ0n) is 10.8. The topological polar surface area (TPSA) is 21.3 Å². The Bertz CT molecular complexity index is 399. The Morgan fingerprint density at radius 1 is 1.33 bits per heavy atom. The Balaban J connectivity index is 2.18. The fourth-order valence-electron chi connectivity index (χ4n) is 2.10. The molecule has 1 atom stereocenters. The molecule has 0 aromatic heterocycles. The average Bonchev–Trinajstić information content (AvgIpc) is 2.42. The van der Waals surface area contributed by atoms with E-state index < -0.39 is 0 Å². The van der Waals surface area contributed by atoms with Gasteiger partial charge in [0.05, 0.1) is 12.6 Å². The van der Waals surface area contributed by atoms with Crippen LogP contribution in [-0.4, -0.2) is 13.2 Å². The van der Waals surface area contributed by atoms with Crippen molar-refractivity contribution in [3.05, 3.63) is 46.7 Å². The summed E-state index contributed by atoms with van der Waals surface area (Å²) in [6.45, 7) is 3.97. The van der Waals surface area contributed by atoms with E-state index in [4.69, 9.17) is 16.3 Å². The van der Waals surface area contributed by atoms with Crippen LogP contribution in [0.3, 0.4) is 0 Å². The SMILES string of the molecule is CCCNC(C1=CCCCO1)c1ccc(Cl)cc1. The van der Waals surface area contributed by atoms with Crippen molar-refractivity contribution in [2.45, 2.75) is 32.2 Å². The van der Waals surface area contributed by atoms with Crippen molar-refractivity contribution in [3.8, 4) is 0 Å². The van der Waals surface area contributed by atoms with Gasteiger partial charge in [-0.15, -0.1) is 0 Å². The number of halogens is 1. The zero-order valence-corrected chi connectivity index (χ0v) is 11.5. The van der Waals surface area contributed by atoms with Crippen LogP contribution in [0.15, 0.2) is 36.1 Å². The molecule has 0 spiro atoms. The molecule has 1 aliphatic heterocycles. The summed E-state index contributed by atoms with van der Waals surface area (Å²) in [6.07, 6.45) is 5.53. The Kier molecular flexibility index (Phi) is 5.09. The molecule has 0 bridgehead atoms. The van der Waals surface area contributed by atoms with Gasteiger partial charge in [0.15, 0.2) is 0 Å². The van der Waals surface area contributed by atoms with Gasteiger partial charge in [0.2, 0.25) is 0 Å². The normalized spacial score (nSPS) is 16.9. The van der Waals surface area contributed by atoms with E-state index in [0.717, 1.165) is 43.2 Å². The second-order valence-corrected chi connectivity index (χ2v) is 4.97. The highest BCUT2D eigenvalue weighted by molar-refractivity contribution is 6.30. The summed E-state index contributed by atoms with van der Waals surface area (Å²) in [6, 6.07) is 8.15. The molecular formula is C15H20ClNO. The van der Waals surface area contributed by atoms with Crippen LogP contribution in [0.25, 0.3) is 0 Å². The maximum atomic E-state index is 5.94. The fraction of sp³-hybridized carbons (Fsp3) is 0.467. The lowest BCUT2D eigenvalue weighted by Gasteiger charge is -2.25. The van der Waals surface area contributed by atoms with E-state index in [9.17, 15) is 0 Å². The maximum Gasteiger partial charge on any atom is 0.113 e. The second-order valence-electron chi connectivity index (χ2n) is 4.54. The molecule has 98 valence electrons. The summed E-state index contributed by atoms with van der Waals surface area (Å²) in [7, 11) is 0. The molecular weight excluding hydrogens is 246 g/mol. The van der Waals surface area contributed by atoms with Gasteiger partial charge in [-0.25, -0.2) is 0 Å². The molecule has 0 saturated heterocycles. The van der Waals surface area contributed by atoms with E-state index in [1.807, 2.05) is 12.1 Å². The molecule has 1 unspecified atom stereocenters. The molecule has 18 heavy (non-hydrogen) atoms. The lowest BCUT2D eigenvalue weighted by atomic mass is 10.0. The third-order valence-electron chi connectivity index (χ3n) is 3.05. The van der Waals surface area contributed by atoms with Crippen LogP contribution in [0.1, 0.15) is 37.8 Å². The van der Waals surface area contributed by atoms with Gasteiger partial charge in [0.1, 0.15) is 5.76 Å². The van der Waals surface area contributed by atoms with Crippen LogP contribution in [0.4, 0.5) is 0 Å². The minimum atomic E-state index is 0.155. The number of benzene rings is 1. The zero-order chi connectivity index (χ0) is 12.8. The summed E-state index contributed by atoms with van der Waals surface area (Å²) >= 11 is 5.94. The summed E-state index contributed by atoms with van der Waals surface area (Å²) in [5.74, 6) is 1.05. The van der Waals surface area contributed by atoms with Crippen molar-refractivity contribution in [2.75, 3.05) is 13.2 Å². The molecule has 0 aliphatic carbocycles. The van der Waals surface area contributed by atoms with Crippen LogP contribution in [0.5, 0.6) is 0 Å². The lowest BCUT2D eigenvalue weighted by molar-refractivity contribution is 0.167. The number of ether oxygens (including phenoxy) is 1. The summed E-state index contributed by atoms with van der Waals surface area (Å²) < 4.78 is 5.79. The molecule has 0 saturated carbocycles. The van der Waals surface area contributed by atoms with E-state index in [1.165, 1.54) is 5.56 Å². The van der Waals surface area contributed by atoms with Crippen LogP contribution in [-0.2, 0) is 4.74 Å². The molecule has 1 aromatic rings. The summed E-state index contributed by atoms with van der Waals surface area (Å²) in [4.78, 5) is 0. The summed E-state index contributed by atoms with van der Waals surface area (Å²) in [5, 5.41) is 4.31. The number of hydrogen-bond donors (Lipinski definition) is 1. The minimum absolute atomic E-state index is 0.155. The quantitative estimate of drug-likeness (QED) is 0.866. The maximum absolute atomic E-state index is 5.94. The van der Waals surface area contributed by atoms with Crippen molar-refractivity contribution in [1.82, 2.24) is 5.32 Å². The predicted molar refractivity (Wildman–Crippen MR) is 75.8 cm³/mol. The van der Waals surface area contributed by atoms with Crippen molar-refractivity contribution in [3.63, 3.8) is 0 Å². The average molecular weight is 266 g/mol. The molecule has 1 N–H and O–H groups in total. The first-order valence-corrected chi connectivity index (χ1v) is 7.00. The lowest BCUT2D eigenvalue weighted by Crippen LogP contribution is -2.26. The Hall–Kier alpha value is -0.990. The highest BCUT2D eigenvalue weighted by Crippen LogP contribution is 2.27. The van der Waals surface area contributed by atoms with Gasteiger partial charge in [0.25, 0.3) is 0 Å². The third-order valence-corrected chi connectivity index (χ3v) is 3.30. The third kappa shape index (κ3) is 3.50. The van der Waals surface area contributed by atoms with Crippen LogP contribution >= 0.6 is 11.6 Å². The van der Waals surface area contributed by atoms with Crippen molar-refractivity contribution in [2.24, 2.45) is 0 Å². The highest BCUT2D eigenvalue weighted by atomic mass is 35.5. The number of rotatable bonds is 5. The molecule has 2 rings (SSSR count). The van der Waals surface area contributed by atoms with Gasteiger partial charge in [-0.1, -0.05) is 30.7 Å². The Morgan fingerprint density at radius 2 is 2.11 bits per heavy atom. The largest absolute Gasteiger partial charge is 0.496 e. The van der Waals surface area contributed by atoms with Crippen molar-refractivity contribution >= 4 is 11.6 Å². The predicted octanol–water partition coefficient (Wildman–Crippen LogP) is 4.08. The number of hydrogen-bond acceptors (Lipinski definition) is 2. The molecule has 1 heterocycles. The van der Waals surface area contributed by atoms with Crippen molar-refractivity contribution < 1.29 is 4.74 Å². The van der Waals surface area contributed by atoms with Crippen LogP contribution in [0.2, 0.25) is 5.02 Å². The van der Waals surface area contributed by atoms with Gasteiger partial charge in [-0.05, 0) is 49.6 Å². The standard InChI is InChI=1S/C15H20ClNO/c1-2-10-17-15(14-5-3-4-11-18-14)12-6-8-13(16)9-7-12/h5-9,15,17H,2-4,10-11H2,1H3. The Labute approximate surface area is 114 Å². The monoisotopic (exact) mass is 265 g/mol. The highest BCUT2D eigenvalue weighted by Gasteiger charge is 2.19. The van der Waals surface area contributed by atoms with Gasteiger partial charge >= 0.3 is 0 Å². The minimum Gasteiger partial charge on any atom is -0.496 e. The van der Waals surface area contributed by atoms with Gasteiger partial charge in [-0.3, -0.25) is 0 Å². The van der Waals surface area contributed by atoms with E-state index in [2.05, 4.69) is 30.4 Å². The molecule has 0 radical (unpaired) electrons. The smallest absolute Gasteiger partial charge is 0.113 e. The molecule has 1 aromatic carbocycles. The number of nitrogens with one attached hydrogen (secondary N) is 1. The van der Waals surface area contributed by atoms with E-state index in [0.29, 0.717) is 0 Å². The second kappa shape index (κ2) is 6.81. The van der Waals surface area contributed by atoms with Gasteiger partial charge in [-0.2, -0.15) is 0 Å². The first kappa shape index (κ1) is 13.4. The first-order valence-electron chi connectivity index (χ1n) is 6.63. The van der Waals surface area contributed by atoms with Gasteiger partial charge in [0, 0.05) is 5.02 Å². The number of allylic oxidation sites excluding steroid dienone is 1. The van der Waals surface area contributed by atoms with E-state index >= 15 is 0 Å². The Morgan fingerprint density at radius 3 is 2.72 bits per heavy atom. The first-order chi connectivity index (χ1) is 8.81. The molecule has 0 amide bonds.